The highest BCUT2D eigenvalue weighted by atomic mass is 19.4. The van der Waals surface area contributed by atoms with Crippen LogP contribution in [-0.2, 0) is 20.5 Å². The van der Waals surface area contributed by atoms with E-state index in [-0.39, 0.29) is 5.69 Å². The van der Waals surface area contributed by atoms with Crippen molar-refractivity contribution in [1.82, 2.24) is 0 Å². The second kappa shape index (κ2) is 4.74. The summed E-state index contributed by atoms with van der Waals surface area (Å²) in [4.78, 5) is 25.0. The number of halogens is 3. The van der Waals surface area contributed by atoms with Crippen LogP contribution in [0.25, 0.3) is 0 Å². The van der Waals surface area contributed by atoms with Crippen molar-refractivity contribution in [1.29, 1.82) is 0 Å². The lowest BCUT2D eigenvalue weighted by Crippen LogP contribution is -2.50. The van der Waals surface area contributed by atoms with Gasteiger partial charge in [-0.05, 0) is 38.0 Å². The average Bonchev–Trinajstić information content (AvgIpc) is 2.77. The standard InChI is InChI=1S/C17H18F3NO3/c1-14(2)15(3)7-8-16(14,24-13(15)23)12(22)21-11-6-4-5-10(9-11)17(18,19)20/h4-6,9H,7-8H2,1-3H3,(H,21,22)/t15-,16+/m1/s1. The van der Waals surface area contributed by atoms with Crippen LogP contribution in [0.15, 0.2) is 24.3 Å². The van der Waals surface area contributed by atoms with Crippen LogP contribution in [0.2, 0.25) is 0 Å². The third-order valence-corrected chi connectivity index (χ3v) is 5.90. The molecule has 2 aliphatic rings. The number of alkyl halides is 3. The van der Waals surface area contributed by atoms with Gasteiger partial charge in [-0.2, -0.15) is 13.2 Å². The second-order valence-electron chi connectivity index (χ2n) is 7.21. The number of anilines is 1. The van der Waals surface area contributed by atoms with E-state index in [9.17, 15) is 22.8 Å². The maximum atomic E-state index is 12.8. The molecule has 1 aliphatic heterocycles. The van der Waals surface area contributed by atoms with Gasteiger partial charge in [-0.25, -0.2) is 0 Å². The van der Waals surface area contributed by atoms with E-state index >= 15 is 0 Å². The molecule has 1 aromatic carbocycles. The highest BCUT2D eigenvalue weighted by molar-refractivity contribution is 6.03. The Labute approximate surface area is 137 Å². The molecule has 1 N–H and O–H groups in total. The Bertz CT molecular complexity index is 728. The quantitative estimate of drug-likeness (QED) is 0.833. The van der Waals surface area contributed by atoms with E-state index in [1.54, 1.807) is 20.8 Å². The summed E-state index contributed by atoms with van der Waals surface area (Å²) in [5.74, 6) is -1.01. The van der Waals surface area contributed by atoms with Crippen LogP contribution in [0.5, 0.6) is 0 Å². The normalized spacial score (nSPS) is 31.0. The van der Waals surface area contributed by atoms with Gasteiger partial charge in [0.1, 0.15) is 0 Å². The summed E-state index contributed by atoms with van der Waals surface area (Å²) in [5, 5.41) is 2.49. The van der Waals surface area contributed by atoms with Crippen LogP contribution in [-0.4, -0.2) is 17.5 Å². The highest BCUT2D eigenvalue weighted by Crippen LogP contribution is 2.65. The third kappa shape index (κ3) is 1.99. The van der Waals surface area contributed by atoms with Gasteiger partial charge >= 0.3 is 12.1 Å². The fourth-order valence-corrected chi connectivity index (χ4v) is 3.75. The molecule has 2 bridgehead atoms. The zero-order valence-corrected chi connectivity index (χ0v) is 13.6. The molecule has 1 aliphatic carbocycles. The van der Waals surface area contributed by atoms with Gasteiger partial charge in [0.2, 0.25) is 0 Å². The number of esters is 1. The van der Waals surface area contributed by atoms with Crippen molar-refractivity contribution in [3.05, 3.63) is 29.8 Å². The smallest absolute Gasteiger partial charge is 0.416 e. The lowest BCUT2D eigenvalue weighted by Gasteiger charge is -2.35. The molecule has 1 saturated heterocycles. The van der Waals surface area contributed by atoms with Gasteiger partial charge in [-0.3, -0.25) is 9.59 Å². The minimum atomic E-state index is -4.50. The zero-order chi connectivity index (χ0) is 18.0. The number of carbonyl (C=O) groups excluding carboxylic acids is 2. The molecule has 4 nitrogen and oxygen atoms in total. The first-order valence-electron chi connectivity index (χ1n) is 7.66. The Balaban J connectivity index is 1.90. The first-order valence-corrected chi connectivity index (χ1v) is 7.66. The molecular formula is C17H18F3NO3. The second-order valence-corrected chi connectivity index (χ2v) is 7.21. The predicted octanol–water partition coefficient (Wildman–Crippen LogP) is 3.77. The van der Waals surface area contributed by atoms with E-state index in [2.05, 4.69) is 5.32 Å². The van der Waals surface area contributed by atoms with Gasteiger partial charge in [0.15, 0.2) is 5.60 Å². The Morgan fingerprint density at radius 2 is 1.88 bits per heavy atom. The van der Waals surface area contributed by atoms with Crippen LogP contribution < -0.4 is 5.32 Å². The van der Waals surface area contributed by atoms with Crippen LogP contribution in [0.3, 0.4) is 0 Å². The minimum Gasteiger partial charge on any atom is -0.448 e. The molecule has 2 fully saturated rings. The fourth-order valence-electron chi connectivity index (χ4n) is 3.75. The Morgan fingerprint density at radius 3 is 2.38 bits per heavy atom. The molecule has 24 heavy (non-hydrogen) atoms. The van der Waals surface area contributed by atoms with Crippen molar-refractivity contribution in [2.45, 2.75) is 45.4 Å². The van der Waals surface area contributed by atoms with E-state index in [1.807, 2.05) is 0 Å². The van der Waals surface area contributed by atoms with Gasteiger partial charge in [-0.1, -0.05) is 19.9 Å². The summed E-state index contributed by atoms with van der Waals surface area (Å²) in [7, 11) is 0. The molecule has 1 heterocycles. The summed E-state index contributed by atoms with van der Waals surface area (Å²) in [6, 6.07) is 4.40. The van der Waals surface area contributed by atoms with Crippen molar-refractivity contribution < 1.29 is 27.5 Å². The molecule has 0 unspecified atom stereocenters. The summed E-state index contributed by atoms with van der Waals surface area (Å²) in [6.07, 6.45) is -3.63. The van der Waals surface area contributed by atoms with Gasteiger partial charge in [0, 0.05) is 11.1 Å². The average molecular weight is 341 g/mol. The largest absolute Gasteiger partial charge is 0.448 e. The molecule has 0 spiro atoms. The molecular weight excluding hydrogens is 323 g/mol. The molecule has 130 valence electrons. The maximum absolute atomic E-state index is 12.8. The number of hydrogen-bond acceptors (Lipinski definition) is 3. The van der Waals surface area contributed by atoms with Crippen LogP contribution in [0, 0.1) is 10.8 Å². The molecule has 3 rings (SSSR count). The molecule has 2 atom stereocenters. The van der Waals surface area contributed by atoms with Gasteiger partial charge in [0.05, 0.1) is 11.0 Å². The van der Waals surface area contributed by atoms with Gasteiger partial charge in [-0.15, -0.1) is 0 Å². The lowest BCUT2D eigenvalue weighted by atomic mass is 9.66. The van der Waals surface area contributed by atoms with Crippen LogP contribution in [0.4, 0.5) is 18.9 Å². The van der Waals surface area contributed by atoms with Crippen molar-refractivity contribution >= 4 is 17.6 Å². The summed E-state index contributed by atoms with van der Waals surface area (Å²) < 4.78 is 43.8. The first-order chi connectivity index (χ1) is 10.9. The topological polar surface area (TPSA) is 55.4 Å². The van der Waals surface area contributed by atoms with Crippen LogP contribution in [0.1, 0.15) is 39.2 Å². The number of ether oxygens (including phenoxy) is 1. The minimum absolute atomic E-state index is 0.0246. The van der Waals surface area contributed by atoms with Crippen molar-refractivity contribution in [3.63, 3.8) is 0 Å². The predicted molar refractivity (Wildman–Crippen MR) is 80.0 cm³/mol. The van der Waals surface area contributed by atoms with Crippen molar-refractivity contribution in [2.75, 3.05) is 5.32 Å². The number of hydrogen-bond donors (Lipinski definition) is 1. The first kappa shape index (κ1) is 16.8. The van der Waals surface area contributed by atoms with E-state index < -0.39 is 40.0 Å². The number of amides is 1. The van der Waals surface area contributed by atoms with E-state index in [4.69, 9.17) is 4.74 Å². The molecule has 1 aromatic rings. The van der Waals surface area contributed by atoms with E-state index in [0.717, 1.165) is 12.1 Å². The highest BCUT2D eigenvalue weighted by Gasteiger charge is 2.75. The Kier molecular flexibility index (Phi) is 3.32. The SMILES string of the molecule is CC1(C)[C@@]2(C(=O)Nc3cccc(C(F)(F)F)c3)CC[C@]1(C)C(=O)O2. The summed E-state index contributed by atoms with van der Waals surface area (Å²) in [6.45, 7) is 5.34. The maximum Gasteiger partial charge on any atom is 0.416 e. The lowest BCUT2D eigenvalue weighted by molar-refractivity contribution is -0.165. The van der Waals surface area contributed by atoms with Crippen molar-refractivity contribution in [2.24, 2.45) is 10.8 Å². The van der Waals surface area contributed by atoms with E-state index in [1.165, 1.54) is 12.1 Å². The number of benzene rings is 1. The summed E-state index contributed by atoms with van der Waals surface area (Å²) >= 11 is 0. The zero-order valence-electron chi connectivity index (χ0n) is 13.6. The third-order valence-electron chi connectivity index (χ3n) is 5.90. The molecule has 1 amide bonds. The van der Waals surface area contributed by atoms with Gasteiger partial charge in [0.25, 0.3) is 5.91 Å². The monoisotopic (exact) mass is 341 g/mol. The van der Waals surface area contributed by atoms with Gasteiger partial charge < -0.3 is 10.1 Å². The van der Waals surface area contributed by atoms with Crippen LogP contribution >= 0.6 is 0 Å². The summed E-state index contributed by atoms with van der Waals surface area (Å²) in [5.41, 5.74) is -3.69. The number of fused-ring (bicyclic) bond motifs is 2. The Morgan fingerprint density at radius 1 is 1.21 bits per heavy atom. The van der Waals surface area contributed by atoms with Crippen molar-refractivity contribution in [3.8, 4) is 0 Å². The molecule has 1 saturated carbocycles. The number of rotatable bonds is 2. The molecule has 7 heteroatoms. The molecule has 0 aromatic heterocycles. The molecule has 0 radical (unpaired) electrons. The fraction of sp³-hybridized carbons (Fsp3) is 0.529. The number of carbonyl (C=O) groups is 2. The van der Waals surface area contributed by atoms with E-state index in [0.29, 0.717) is 12.8 Å². The number of nitrogens with one attached hydrogen (secondary N) is 1. The Hall–Kier alpha value is -2.05.